The SMILES string of the molecule is CCC(C)NC(=O)c1ccc2c(c1)CCN2S(=O)(=O)c1ccc(C)cc1. The van der Waals surface area contributed by atoms with Crippen molar-refractivity contribution in [1.82, 2.24) is 5.32 Å². The number of carbonyl (C=O) groups is 1. The second-order valence-electron chi connectivity index (χ2n) is 6.77. The molecule has 0 aromatic heterocycles. The molecule has 1 aliphatic rings. The third kappa shape index (κ3) is 3.46. The van der Waals surface area contributed by atoms with Crippen molar-refractivity contribution >= 4 is 21.6 Å². The van der Waals surface area contributed by atoms with Crippen molar-refractivity contribution < 1.29 is 13.2 Å². The van der Waals surface area contributed by atoms with E-state index in [0.717, 1.165) is 17.5 Å². The van der Waals surface area contributed by atoms with Gasteiger partial charge in [-0.05, 0) is 62.6 Å². The van der Waals surface area contributed by atoms with Gasteiger partial charge >= 0.3 is 0 Å². The van der Waals surface area contributed by atoms with Crippen molar-refractivity contribution in [2.24, 2.45) is 0 Å². The number of hydrogen-bond acceptors (Lipinski definition) is 3. The van der Waals surface area contributed by atoms with Gasteiger partial charge in [0.15, 0.2) is 0 Å². The van der Waals surface area contributed by atoms with E-state index in [4.69, 9.17) is 0 Å². The van der Waals surface area contributed by atoms with Gasteiger partial charge < -0.3 is 5.32 Å². The first kappa shape index (κ1) is 18.5. The van der Waals surface area contributed by atoms with Crippen LogP contribution in [0.2, 0.25) is 0 Å². The van der Waals surface area contributed by atoms with Gasteiger partial charge in [0.05, 0.1) is 10.6 Å². The molecule has 1 heterocycles. The Morgan fingerprint density at radius 2 is 1.88 bits per heavy atom. The normalized spacial score (nSPS) is 14.8. The van der Waals surface area contributed by atoms with E-state index in [-0.39, 0.29) is 16.8 Å². The molecule has 1 aliphatic heterocycles. The van der Waals surface area contributed by atoms with Crippen LogP contribution in [0.1, 0.15) is 41.8 Å². The van der Waals surface area contributed by atoms with Crippen LogP contribution in [0.4, 0.5) is 5.69 Å². The highest BCUT2D eigenvalue weighted by Crippen LogP contribution is 2.33. The van der Waals surface area contributed by atoms with Crippen molar-refractivity contribution in [1.29, 1.82) is 0 Å². The van der Waals surface area contributed by atoms with Crippen LogP contribution in [-0.4, -0.2) is 26.9 Å². The van der Waals surface area contributed by atoms with Crippen LogP contribution in [0.3, 0.4) is 0 Å². The van der Waals surface area contributed by atoms with Gasteiger partial charge in [0.1, 0.15) is 0 Å². The van der Waals surface area contributed by atoms with E-state index in [1.165, 1.54) is 4.31 Å². The quantitative estimate of drug-likeness (QED) is 0.876. The molecule has 0 aliphatic carbocycles. The Morgan fingerprint density at radius 3 is 2.54 bits per heavy atom. The van der Waals surface area contributed by atoms with E-state index in [2.05, 4.69) is 5.32 Å². The minimum Gasteiger partial charge on any atom is -0.350 e. The molecule has 2 aromatic carbocycles. The number of carbonyl (C=O) groups excluding carboxylic acids is 1. The zero-order valence-electron chi connectivity index (χ0n) is 15.3. The summed E-state index contributed by atoms with van der Waals surface area (Å²) >= 11 is 0. The number of nitrogens with one attached hydrogen (secondary N) is 1. The molecule has 0 saturated carbocycles. The smallest absolute Gasteiger partial charge is 0.264 e. The lowest BCUT2D eigenvalue weighted by Crippen LogP contribution is -2.32. The predicted octanol–water partition coefficient (Wildman–Crippen LogP) is 3.27. The lowest BCUT2D eigenvalue weighted by Gasteiger charge is -2.20. The molecule has 1 atom stereocenters. The van der Waals surface area contributed by atoms with E-state index in [1.807, 2.05) is 20.8 Å². The molecular weight excluding hydrogens is 348 g/mol. The van der Waals surface area contributed by atoms with Crippen LogP contribution in [0, 0.1) is 6.92 Å². The average molecular weight is 372 g/mol. The number of anilines is 1. The topological polar surface area (TPSA) is 66.5 Å². The van der Waals surface area contributed by atoms with Gasteiger partial charge in [0.2, 0.25) is 0 Å². The molecule has 0 bridgehead atoms. The average Bonchev–Trinajstić information content (AvgIpc) is 3.05. The maximum Gasteiger partial charge on any atom is 0.264 e. The Morgan fingerprint density at radius 1 is 1.19 bits per heavy atom. The molecule has 0 fully saturated rings. The summed E-state index contributed by atoms with van der Waals surface area (Å²) in [6.45, 7) is 6.29. The van der Waals surface area contributed by atoms with Crippen LogP contribution in [0.5, 0.6) is 0 Å². The fourth-order valence-electron chi connectivity index (χ4n) is 3.01. The number of rotatable bonds is 5. The van der Waals surface area contributed by atoms with E-state index < -0.39 is 10.0 Å². The first-order valence-electron chi connectivity index (χ1n) is 8.86. The van der Waals surface area contributed by atoms with Gasteiger partial charge in [0.25, 0.3) is 15.9 Å². The van der Waals surface area contributed by atoms with Gasteiger partial charge in [-0.25, -0.2) is 8.42 Å². The first-order valence-corrected chi connectivity index (χ1v) is 10.3. The van der Waals surface area contributed by atoms with Crippen LogP contribution < -0.4 is 9.62 Å². The Kier molecular flexibility index (Phi) is 5.05. The molecule has 2 aromatic rings. The monoisotopic (exact) mass is 372 g/mol. The highest BCUT2D eigenvalue weighted by molar-refractivity contribution is 7.92. The van der Waals surface area contributed by atoms with E-state index in [0.29, 0.717) is 24.2 Å². The number of amides is 1. The van der Waals surface area contributed by atoms with Gasteiger partial charge in [0, 0.05) is 18.2 Å². The van der Waals surface area contributed by atoms with Crippen LogP contribution in [0.25, 0.3) is 0 Å². The molecule has 3 rings (SSSR count). The van der Waals surface area contributed by atoms with E-state index in [9.17, 15) is 13.2 Å². The number of sulfonamides is 1. The Balaban J connectivity index is 1.88. The summed E-state index contributed by atoms with van der Waals surface area (Å²) in [5.74, 6) is -0.123. The molecule has 1 unspecified atom stereocenters. The van der Waals surface area contributed by atoms with Crippen molar-refractivity contribution in [2.45, 2.75) is 44.6 Å². The molecule has 26 heavy (non-hydrogen) atoms. The summed E-state index contributed by atoms with van der Waals surface area (Å²) in [5.41, 5.74) is 3.13. The number of aryl methyl sites for hydroxylation is 1. The van der Waals surface area contributed by atoms with Gasteiger partial charge in [-0.15, -0.1) is 0 Å². The van der Waals surface area contributed by atoms with Crippen LogP contribution in [0.15, 0.2) is 47.4 Å². The highest BCUT2D eigenvalue weighted by atomic mass is 32.2. The van der Waals surface area contributed by atoms with Gasteiger partial charge in [-0.1, -0.05) is 24.6 Å². The van der Waals surface area contributed by atoms with Crippen LogP contribution >= 0.6 is 0 Å². The standard InChI is InChI=1S/C20H24N2O3S/c1-4-15(3)21-20(23)17-7-10-19-16(13-17)11-12-22(19)26(24,25)18-8-5-14(2)6-9-18/h5-10,13,15H,4,11-12H2,1-3H3,(H,21,23). The summed E-state index contributed by atoms with van der Waals surface area (Å²) in [4.78, 5) is 12.6. The number of fused-ring (bicyclic) bond motifs is 1. The molecule has 6 heteroatoms. The molecular formula is C20H24N2O3S. The highest BCUT2D eigenvalue weighted by Gasteiger charge is 2.31. The number of hydrogen-bond donors (Lipinski definition) is 1. The fraction of sp³-hybridized carbons (Fsp3) is 0.350. The molecule has 0 spiro atoms. The molecule has 0 radical (unpaired) electrons. The maximum atomic E-state index is 13.0. The summed E-state index contributed by atoms with van der Waals surface area (Å²) < 4.78 is 27.4. The summed E-state index contributed by atoms with van der Waals surface area (Å²) in [6.07, 6.45) is 1.46. The van der Waals surface area contributed by atoms with Gasteiger partial charge in [-0.2, -0.15) is 0 Å². The number of benzene rings is 2. The van der Waals surface area contributed by atoms with Crippen LogP contribution in [-0.2, 0) is 16.4 Å². The predicted molar refractivity (Wildman–Crippen MR) is 103 cm³/mol. The number of nitrogens with zero attached hydrogens (tertiary/aromatic N) is 1. The summed E-state index contributed by atoms with van der Waals surface area (Å²) in [5, 5.41) is 2.94. The van der Waals surface area contributed by atoms with Crippen molar-refractivity contribution in [3.8, 4) is 0 Å². The van der Waals surface area contributed by atoms with Gasteiger partial charge in [-0.3, -0.25) is 9.10 Å². The molecule has 5 nitrogen and oxygen atoms in total. The lowest BCUT2D eigenvalue weighted by atomic mass is 10.1. The Hall–Kier alpha value is -2.34. The zero-order valence-corrected chi connectivity index (χ0v) is 16.1. The van der Waals surface area contributed by atoms with Crippen molar-refractivity contribution in [3.05, 3.63) is 59.2 Å². The summed E-state index contributed by atoms with van der Waals surface area (Å²) in [6, 6.07) is 12.2. The minimum atomic E-state index is -3.59. The third-order valence-electron chi connectivity index (χ3n) is 4.79. The zero-order chi connectivity index (χ0) is 18.9. The summed E-state index contributed by atoms with van der Waals surface area (Å²) in [7, 11) is -3.59. The maximum absolute atomic E-state index is 13.0. The first-order chi connectivity index (χ1) is 12.3. The van der Waals surface area contributed by atoms with E-state index >= 15 is 0 Å². The molecule has 1 amide bonds. The Labute approximate surface area is 155 Å². The largest absolute Gasteiger partial charge is 0.350 e. The molecule has 1 N–H and O–H groups in total. The minimum absolute atomic E-state index is 0.106. The Bertz CT molecular complexity index is 921. The second kappa shape index (κ2) is 7.11. The second-order valence-corrected chi connectivity index (χ2v) is 8.63. The lowest BCUT2D eigenvalue weighted by molar-refractivity contribution is 0.0939. The van der Waals surface area contributed by atoms with E-state index in [1.54, 1.807) is 42.5 Å². The third-order valence-corrected chi connectivity index (χ3v) is 6.62. The molecule has 138 valence electrons. The molecule has 0 saturated heterocycles. The van der Waals surface area contributed by atoms with Crippen molar-refractivity contribution in [2.75, 3.05) is 10.8 Å². The fourth-order valence-corrected chi connectivity index (χ4v) is 4.51. The van der Waals surface area contributed by atoms with Crippen molar-refractivity contribution in [3.63, 3.8) is 0 Å².